The molecule has 2 aromatic heterocycles. The van der Waals surface area contributed by atoms with Crippen molar-refractivity contribution < 1.29 is 9.59 Å². The average molecular weight is 287 g/mol. The summed E-state index contributed by atoms with van der Waals surface area (Å²) < 4.78 is 1.47. The number of nitrogens with one attached hydrogen (secondary N) is 2. The molecule has 0 aliphatic carbocycles. The Bertz CT molecular complexity index is 609. The van der Waals surface area contributed by atoms with Gasteiger partial charge in [-0.25, -0.2) is 0 Å². The second-order valence-corrected chi connectivity index (χ2v) is 4.51. The van der Waals surface area contributed by atoms with Crippen LogP contribution >= 0.6 is 0 Å². The number of aromatic nitrogens is 3. The third kappa shape index (κ3) is 4.72. The Morgan fingerprint density at radius 3 is 2.86 bits per heavy atom. The van der Waals surface area contributed by atoms with E-state index in [0.29, 0.717) is 18.5 Å². The number of carbonyl (C=O) groups excluding carboxylic acids is 2. The first-order chi connectivity index (χ1) is 10.2. The van der Waals surface area contributed by atoms with E-state index in [9.17, 15) is 9.59 Å². The molecule has 2 N–H and O–H groups in total. The number of aryl methyl sites for hydroxylation is 1. The Morgan fingerprint density at radius 2 is 2.14 bits per heavy atom. The number of hydrogen-bond donors (Lipinski definition) is 2. The number of hydrogen-bond acceptors (Lipinski definition) is 4. The zero-order chi connectivity index (χ0) is 15.1. The summed E-state index contributed by atoms with van der Waals surface area (Å²) in [5, 5.41) is 9.26. The van der Waals surface area contributed by atoms with Gasteiger partial charge in [-0.3, -0.25) is 19.3 Å². The van der Waals surface area contributed by atoms with Gasteiger partial charge in [0.05, 0.1) is 11.9 Å². The van der Waals surface area contributed by atoms with Crippen molar-refractivity contribution in [2.75, 3.05) is 12.4 Å². The third-order valence-corrected chi connectivity index (χ3v) is 2.86. The molecule has 2 rings (SSSR count). The first kappa shape index (κ1) is 14.7. The summed E-state index contributed by atoms with van der Waals surface area (Å²) in [5.74, 6) is -0.245. The minimum absolute atomic E-state index is 0.0988. The third-order valence-electron chi connectivity index (χ3n) is 2.86. The van der Waals surface area contributed by atoms with Gasteiger partial charge >= 0.3 is 0 Å². The molecule has 0 bridgehead atoms. The Hall–Kier alpha value is -2.70. The largest absolute Gasteiger partial charge is 0.358 e. The number of nitrogens with zero attached hydrogens (tertiary/aromatic N) is 3. The van der Waals surface area contributed by atoms with Crippen LogP contribution in [-0.2, 0) is 22.6 Å². The van der Waals surface area contributed by atoms with E-state index in [1.165, 1.54) is 10.9 Å². The van der Waals surface area contributed by atoms with E-state index < -0.39 is 0 Å². The fourth-order valence-corrected chi connectivity index (χ4v) is 1.77. The van der Waals surface area contributed by atoms with E-state index >= 15 is 0 Å². The Kier molecular flexibility index (Phi) is 5.03. The number of likely N-dealkylation sites (N-methyl/N-ethyl adjacent to an activating group) is 1. The van der Waals surface area contributed by atoms with E-state index in [-0.39, 0.29) is 18.4 Å². The van der Waals surface area contributed by atoms with Crippen molar-refractivity contribution in [3.05, 3.63) is 42.5 Å². The molecule has 7 heteroatoms. The Morgan fingerprint density at radius 1 is 1.29 bits per heavy atom. The molecule has 0 aliphatic heterocycles. The number of amides is 2. The molecule has 0 radical (unpaired) electrons. The molecule has 21 heavy (non-hydrogen) atoms. The molecular weight excluding hydrogens is 270 g/mol. The van der Waals surface area contributed by atoms with Gasteiger partial charge < -0.3 is 10.6 Å². The van der Waals surface area contributed by atoms with Gasteiger partial charge in [-0.2, -0.15) is 5.10 Å². The highest BCUT2D eigenvalue weighted by Gasteiger charge is 2.06. The summed E-state index contributed by atoms with van der Waals surface area (Å²) in [6, 6.07) is 3.78. The summed E-state index contributed by atoms with van der Waals surface area (Å²) in [6.45, 7) is 0.127. The van der Waals surface area contributed by atoms with E-state index in [2.05, 4.69) is 20.7 Å². The van der Waals surface area contributed by atoms with Gasteiger partial charge in [0.25, 0.3) is 0 Å². The van der Waals surface area contributed by atoms with E-state index in [0.717, 1.165) is 5.56 Å². The summed E-state index contributed by atoms with van der Waals surface area (Å²) >= 11 is 0. The molecule has 0 aromatic carbocycles. The van der Waals surface area contributed by atoms with Crippen LogP contribution in [0.25, 0.3) is 0 Å². The van der Waals surface area contributed by atoms with Gasteiger partial charge in [-0.05, 0) is 18.1 Å². The van der Waals surface area contributed by atoms with Crippen molar-refractivity contribution in [3.8, 4) is 0 Å². The summed E-state index contributed by atoms with van der Waals surface area (Å²) in [4.78, 5) is 27.0. The van der Waals surface area contributed by atoms with Gasteiger partial charge in [0.15, 0.2) is 0 Å². The van der Waals surface area contributed by atoms with Crippen LogP contribution in [0, 0.1) is 0 Å². The molecule has 110 valence electrons. The topological polar surface area (TPSA) is 88.9 Å². The zero-order valence-electron chi connectivity index (χ0n) is 11.7. The molecule has 7 nitrogen and oxygen atoms in total. The molecule has 0 saturated carbocycles. The second-order valence-electron chi connectivity index (χ2n) is 4.51. The predicted octanol–water partition coefficient (Wildman–Crippen LogP) is 0.595. The van der Waals surface area contributed by atoms with E-state index in [4.69, 9.17) is 0 Å². The molecule has 0 spiro atoms. The normalized spacial score (nSPS) is 10.1. The highest BCUT2D eigenvalue weighted by atomic mass is 16.2. The van der Waals surface area contributed by atoms with Gasteiger partial charge in [0.1, 0.15) is 6.54 Å². The molecule has 0 unspecified atom stereocenters. The van der Waals surface area contributed by atoms with Crippen LogP contribution in [0.15, 0.2) is 36.9 Å². The maximum absolute atomic E-state index is 11.8. The van der Waals surface area contributed by atoms with Crippen LogP contribution in [0.5, 0.6) is 0 Å². The molecule has 0 aliphatic rings. The standard InChI is InChI=1S/C14H17N5O2/c1-15-14(21)10-19-9-12(8-17-19)18-13(20)5-4-11-3-2-6-16-7-11/h2-3,6-9H,4-5,10H2,1H3,(H,15,21)(H,18,20). The fourth-order valence-electron chi connectivity index (χ4n) is 1.77. The first-order valence-corrected chi connectivity index (χ1v) is 6.59. The van der Waals surface area contributed by atoms with Crippen LogP contribution < -0.4 is 10.6 Å². The van der Waals surface area contributed by atoms with Gasteiger partial charge in [-0.1, -0.05) is 6.07 Å². The quantitative estimate of drug-likeness (QED) is 0.814. The summed E-state index contributed by atoms with van der Waals surface area (Å²) in [7, 11) is 1.56. The van der Waals surface area contributed by atoms with Crippen molar-refractivity contribution >= 4 is 17.5 Å². The van der Waals surface area contributed by atoms with Crippen LogP contribution in [0.2, 0.25) is 0 Å². The lowest BCUT2D eigenvalue weighted by molar-refractivity contribution is -0.121. The van der Waals surface area contributed by atoms with E-state index in [1.54, 1.807) is 25.6 Å². The van der Waals surface area contributed by atoms with Crippen molar-refractivity contribution in [1.29, 1.82) is 0 Å². The minimum atomic E-state index is -0.146. The highest BCUT2D eigenvalue weighted by molar-refractivity contribution is 5.90. The lowest BCUT2D eigenvalue weighted by Crippen LogP contribution is -2.23. The van der Waals surface area contributed by atoms with Crippen molar-refractivity contribution in [3.63, 3.8) is 0 Å². The van der Waals surface area contributed by atoms with E-state index in [1.807, 2.05) is 12.1 Å². The average Bonchev–Trinajstić information content (AvgIpc) is 2.93. The van der Waals surface area contributed by atoms with Crippen molar-refractivity contribution in [1.82, 2.24) is 20.1 Å². The predicted molar refractivity (Wildman–Crippen MR) is 77.5 cm³/mol. The summed E-state index contributed by atoms with van der Waals surface area (Å²) in [6.07, 6.45) is 7.58. The summed E-state index contributed by atoms with van der Waals surface area (Å²) in [5.41, 5.74) is 1.60. The van der Waals surface area contributed by atoms with Crippen LogP contribution in [-0.4, -0.2) is 33.6 Å². The molecular formula is C14H17N5O2. The zero-order valence-corrected chi connectivity index (χ0v) is 11.7. The highest BCUT2D eigenvalue weighted by Crippen LogP contribution is 2.07. The van der Waals surface area contributed by atoms with Gasteiger partial charge in [0.2, 0.25) is 11.8 Å². The monoisotopic (exact) mass is 287 g/mol. The molecule has 0 fully saturated rings. The Balaban J connectivity index is 1.81. The molecule has 0 saturated heterocycles. The lowest BCUT2D eigenvalue weighted by Gasteiger charge is -2.02. The number of carbonyl (C=O) groups is 2. The van der Waals surface area contributed by atoms with Crippen LogP contribution in [0.1, 0.15) is 12.0 Å². The SMILES string of the molecule is CNC(=O)Cn1cc(NC(=O)CCc2cccnc2)cn1. The maximum Gasteiger partial charge on any atom is 0.241 e. The molecule has 2 amide bonds. The fraction of sp³-hybridized carbons (Fsp3) is 0.286. The van der Waals surface area contributed by atoms with Crippen molar-refractivity contribution in [2.24, 2.45) is 0 Å². The second kappa shape index (κ2) is 7.18. The molecule has 2 aromatic rings. The maximum atomic E-state index is 11.8. The Labute approximate surface area is 122 Å². The first-order valence-electron chi connectivity index (χ1n) is 6.59. The molecule has 2 heterocycles. The molecule has 0 atom stereocenters. The van der Waals surface area contributed by atoms with Crippen LogP contribution in [0.4, 0.5) is 5.69 Å². The number of rotatable bonds is 6. The number of anilines is 1. The van der Waals surface area contributed by atoms with Gasteiger partial charge in [-0.15, -0.1) is 0 Å². The van der Waals surface area contributed by atoms with Gasteiger partial charge in [0, 0.05) is 32.1 Å². The van der Waals surface area contributed by atoms with Crippen LogP contribution in [0.3, 0.4) is 0 Å². The smallest absolute Gasteiger partial charge is 0.241 e. The minimum Gasteiger partial charge on any atom is -0.358 e. The van der Waals surface area contributed by atoms with Crippen molar-refractivity contribution in [2.45, 2.75) is 19.4 Å². The number of pyridine rings is 1. The lowest BCUT2D eigenvalue weighted by atomic mass is 10.1.